The number of hydrogen-bond acceptors (Lipinski definition) is 3. The summed E-state index contributed by atoms with van der Waals surface area (Å²) in [5.74, 6) is 1.35. The molecule has 2 saturated heterocycles. The Bertz CT molecular complexity index is 530. The van der Waals surface area contributed by atoms with Gasteiger partial charge in [-0.05, 0) is 71.0 Å². The van der Waals surface area contributed by atoms with Crippen molar-refractivity contribution < 1.29 is 0 Å². The van der Waals surface area contributed by atoms with E-state index in [1.54, 1.807) is 0 Å². The third kappa shape index (κ3) is 3.20. The van der Waals surface area contributed by atoms with Crippen molar-refractivity contribution in [2.24, 2.45) is 7.05 Å². The summed E-state index contributed by atoms with van der Waals surface area (Å²) in [6, 6.07) is 0.565. The van der Waals surface area contributed by atoms with Gasteiger partial charge in [0.05, 0.1) is 11.7 Å². The van der Waals surface area contributed by atoms with E-state index in [1.165, 1.54) is 108 Å². The molecule has 1 unspecified atom stereocenters. The molecule has 0 saturated carbocycles. The molecule has 2 aliphatic heterocycles. The Morgan fingerprint density at radius 2 is 1.74 bits per heavy atom. The minimum atomic E-state index is 0.565. The average Bonchev–Trinajstić information content (AvgIpc) is 3.19. The van der Waals surface area contributed by atoms with E-state index in [1.807, 2.05) is 0 Å². The maximum Gasteiger partial charge on any atom is 0.126 e. The molecule has 0 N–H and O–H groups in total. The molecule has 4 heteroatoms. The van der Waals surface area contributed by atoms with Crippen LogP contribution in [0, 0.1) is 0 Å². The summed E-state index contributed by atoms with van der Waals surface area (Å²) in [7, 11) is 2.26. The first-order valence-corrected chi connectivity index (χ1v) is 9.84. The number of aromatic nitrogens is 2. The van der Waals surface area contributed by atoms with Gasteiger partial charge in [0.1, 0.15) is 5.82 Å². The Morgan fingerprint density at radius 1 is 0.913 bits per heavy atom. The van der Waals surface area contributed by atoms with E-state index in [2.05, 4.69) is 21.4 Å². The first kappa shape index (κ1) is 15.6. The molecule has 0 radical (unpaired) electrons. The third-order valence-electron chi connectivity index (χ3n) is 6.22. The van der Waals surface area contributed by atoms with E-state index in [4.69, 9.17) is 4.98 Å². The number of likely N-dealkylation sites (tertiary alicyclic amines) is 2. The smallest absolute Gasteiger partial charge is 0.126 e. The fourth-order valence-electron chi connectivity index (χ4n) is 4.84. The van der Waals surface area contributed by atoms with Crippen LogP contribution < -0.4 is 0 Å². The van der Waals surface area contributed by atoms with E-state index in [9.17, 15) is 0 Å². The van der Waals surface area contributed by atoms with Gasteiger partial charge in [-0.15, -0.1) is 0 Å². The minimum Gasteiger partial charge on any atom is -0.334 e. The molecule has 1 aromatic rings. The SMILES string of the molecule is Cn1c(C2CCCN2CCN2CCCCC2)nc2c1CCCC2. The maximum atomic E-state index is 5.09. The second kappa shape index (κ2) is 6.94. The van der Waals surface area contributed by atoms with Crippen LogP contribution in [0.25, 0.3) is 0 Å². The van der Waals surface area contributed by atoms with Crippen LogP contribution in [0.2, 0.25) is 0 Å². The summed E-state index contributed by atoms with van der Waals surface area (Å²) in [6.07, 6.45) is 12.0. The molecule has 1 atom stereocenters. The number of hydrogen-bond donors (Lipinski definition) is 0. The van der Waals surface area contributed by atoms with Crippen molar-refractivity contribution >= 4 is 0 Å². The molecular weight excluding hydrogens is 284 g/mol. The molecule has 0 bridgehead atoms. The summed E-state index contributed by atoms with van der Waals surface area (Å²) in [6.45, 7) is 6.36. The predicted molar refractivity (Wildman–Crippen MR) is 93.7 cm³/mol. The number of rotatable bonds is 4. The normalized spacial score (nSPS) is 26.6. The highest BCUT2D eigenvalue weighted by molar-refractivity contribution is 5.22. The van der Waals surface area contributed by atoms with E-state index in [0.29, 0.717) is 6.04 Å². The van der Waals surface area contributed by atoms with Gasteiger partial charge in [-0.3, -0.25) is 4.90 Å². The molecular formula is C19H32N4. The molecule has 0 spiro atoms. The Labute approximate surface area is 140 Å². The number of piperidine rings is 1. The zero-order chi connectivity index (χ0) is 15.6. The second-order valence-electron chi connectivity index (χ2n) is 7.73. The van der Waals surface area contributed by atoms with Gasteiger partial charge in [-0.1, -0.05) is 6.42 Å². The molecule has 1 aliphatic carbocycles. The van der Waals surface area contributed by atoms with Gasteiger partial charge in [-0.25, -0.2) is 4.98 Å². The van der Waals surface area contributed by atoms with Crippen LogP contribution in [0.15, 0.2) is 0 Å². The molecule has 4 nitrogen and oxygen atoms in total. The number of nitrogens with zero attached hydrogens (tertiary/aromatic N) is 4. The molecule has 4 rings (SSSR count). The van der Waals surface area contributed by atoms with Crippen LogP contribution in [0.3, 0.4) is 0 Å². The summed E-state index contributed by atoms with van der Waals surface area (Å²) < 4.78 is 2.44. The zero-order valence-electron chi connectivity index (χ0n) is 14.8. The van der Waals surface area contributed by atoms with Gasteiger partial charge in [0.25, 0.3) is 0 Å². The fourth-order valence-corrected chi connectivity index (χ4v) is 4.84. The molecule has 0 aromatic carbocycles. The van der Waals surface area contributed by atoms with Crippen LogP contribution in [0.4, 0.5) is 0 Å². The topological polar surface area (TPSA) is 24.3 Å². The highest BCUT2D eigenvalue weighted by atomic mass is 15.3. The number of aryl methyl sites for hydroxylation is 1. The lowest BCUT2D eigenvalue weighted by Crippen LogP contribution is -2.38. The molecule has 3 heterocycles. The molecule has 1 aromatic heterocycles. The molecule has 2 fully saturated rings. The van der Waals surface area contributed by atoms with Crippen molar-refractivity contribution in [3.05, 3.63) is 17.2 Å². The van der Waals surface area contributed by atoms with E-state index < -0.39 is 0 Å². The lowest BCUT2D eigenvalue weighted by molar-refractivity contribution is 0.170. The van der Waals surface area contributed by atoms with Gasteiger partial charge in [0, 0.05) is 25.8 Å². The van der Waals surface area contributed by atoms with Crippen LogP contribution in [0.1, 0.15) is 68.2 Å². The average molecular weight is 316 g/mol. The van der Waals surface area contributed by atoms with Crippen LogP contribution in [-0.4, -0.2) is 52.1 Å². The van der Waals surface area contributed by atoms with E-state index >= 15 is 0 Å². The van der Waals surface area contributed by atoms with Crippen molar-refractivity contribution in [2.45, 2.75) is 63.8 Å². The van der Waals surface area contributed by atoms with E-state index in [-0.39, 0.29) is 0 Å². The second-order valence-corrected chi connectivity index (χ2v) is 7.73. The van der Waals surface area contributed by atoms with Gasteiger partial charge < -0.3 is 9.47 Å². The van der Waals surface area contributed by atoms with Crippen molar-refractivity contribution in [3.63, 3.8) is 0 Å². The number of fused-ring (bicyclic) bond motifs is 1. The van der Waals surface area contributed by atoms with E-state index in [0.717, 1.165) is 0 Å². The fraction of sp³-hybridized carbons (Fsp3) is 0.842. The third-order valence-corrected chi connectivity index (χ3v) is 6.22. The van der Waals surface area contributed by atoms with Crippen molar-refractivity contribution in [3.8, 4) is 0 Å². The molecule has 23 heavy (non-hydrogen) atoms. The van der Waals surface area contributed by atoms with Crippen LogP contribution >= 0.6 is 0 Å². The monoisotopic (exact) mass is 316 g/mol. The summed E-state index contributed by atoms with van der Waals surface area (Å²) in [4.78, 5) is 10.5. The summed E-state index contributed by atoms with van der Waals surface area (Å²) in [5.41, 5.74) is 2.92. The number of imidazole rings is 1. The predicted octanol–water partition coefficient (Wildman–Crippen LogP) is 2.92. The maximum absolute atomic E-state index is 5.09. The molecule has 128 valence electrons. The quantitative estimate of drug-likeness (QED) is 0.853. The lowest BCUT2D eigenvalue weighted by atomic mass is 10.0. The van der Waals surface area contributed by atoms with Crippen LogP contribution in [-0.2, 0) is 19.9 Å². The zero-order valence-corrected chi connectivity index (χ0v) is 14.8. The Morgan fingerprint density at radius 3 is 2.57 bits per heavy atom. The molecule has 0 amide bonds. The molecule has 3 aliphatic rings. The summed E-state index contributed by atoms with van der Waals surface area (Å²) in [5, 5.41) is 0. The minimum absolute atomic E-state index is 0.565. The Hall–Kier alpha value is -0.870. The highest BCUT2D eigenvalue weighted by Crippen LogP contribution is 2.33. The standard InChI is InChI=1S/C19H32N4/c1-21-17-9-4-3-8-16(17)20-19(21)18-10-7-13-23(18)15-14-22-11-5-2-6-12-22/h18H,2-15H2,1H3. The first-order valence-electron chi connectivity index (χ1n) is 9.84. The van der Waals surface area contributed by atoms with Gasteiger partial charge in [0.2, 0.25) is 0 Å². The Balaban J connectivity index is 1.44. The van der Waals surface area contributed by atoms with Crippen LogP contribution in [0.5, 0.6) is 0 Å². The van der Waals surface area contributed by atoms with Gasteiger partial charge >= 0.3 is 0 Å². The first-order chi connectivity index (χ1) is 11.3. The van der Waals surface area contributed by atoms with Crippen molar-refractivity contribution in [2.75, 3.05) is 32.7 Å². The van der Waals surface area contributed by atoms with Crippen molar-refractivity contribution in [1.82, 2.24) is 19.4 Å². The van der Waals surface area contributed by atoms with Crippen molar-refractivity contribution in [1.29, 1.82) is 0 Å². The summed E-state index contributed by atoms with van der Waals surface area (Å²) >= 11 is 0. The largest absolute Gasteiger partial charge is 0.334 e. The van der Waals surface area contributed by atoms with Gasteiger partial charge in [0.15, 0.2) is 0 Å². The Kier molecular flexibility index (Phi) is 4.72. The van der Waals surface area contributed by atoms with Gasteiger partial charge in [-0.2, -0.15) is 0 Å². The lowest BCUT2D eigenvalue weighted by Gasteiger charge is -2.30. The highest BCUT2D eigenvalue weighted by Gasteiger charge is 2.31.